The Morgan fingerprint density at radius 1 is 1.38 bits per heavy atom. The molecule has 1 aliphatic rings. The summed E-state index contributed by atoms with van der Waals surface area (Å²) in [4.78, 5) is 6.51. The van der Waals surface area contributed by atoms with E-state index in [0.717, 1.165) is 49.2 Å². The van der Waals surface area contributed by atoms with Crippen LogP contribution in [-0.4, -0.2) is 58.9 Å². The second-order valence-corrected chi connectivity index (χ2v) is 5.66. The van der Waals surface area contributed by atoms with Crippen molar-refractivity contribution >= 4 is 29.9 Å². The quantitative estimate of drug-likeness (QED) is 0.411. The predicted octanol–water partition coefficient (Wildman–Crippen LogP) is 2.37. The van der Waals surface area contributed by atoms with Crippen LogP contribution in [0.5, 0.6) is 11.5 Å². The first-order chi connectivity index (χ1) is 11.2. The minimum Gasteiger partial charge on any atom is -0.493 e. The maximum absolute atomic E-state index is 5.47. The normalized spacial score (nSPS) is 17.2. The molecular formula is C17H28IN3O3. The molecule has 1 N–H and O–H groups in total. The van der Waals surface area contributed by atoms with Crippen LogP contribution >= 0.6 is 24.0 Å². The number of ether oxygens (including phenoxy) is 3. The number of nitrogens with one attached hydrogen (secondary N) is 1. The summed E-state index contributed by atoms with van der Waals surface area (Å²) in [5.74, 6) is 2.93. The Hall–Kier alpha value is -1.22. The monoisotopic (exact) mass is 449 g/mol. The van der Waals surface area contributed by atoms with Crippen LogP contribution < -0.4 is 14.8 Å². The third kappa shape index (κ3) is 5.41. The van der Waals surface area contributed by atoms with Crippen LogP contribution in [0.25, 0.3) is 0 Å². The van der Waals surface area contributed by atoms with Gasteiger partial charge in [-0.25, -0.2) is 0 Å². The summed E-state index contributed by atoms with van der Waals surface area (Å²) < 4.78 is 16.2. The van der Waals surface area contributed by atoms with Crippen molar-refractivity contribution in [2.75, 3.05) is 48.1 Å². The number of halogens is 1. The van der Waals surface area contributed by atoms with Gasteiger partial charge < -0.3 is 24.4 Å². The number of aliphatic imine (C=N–C) groups is 1. The average Bonchev–Trinajstić information content (AvgIpc) is 3.07. The Labute approximate surface area is 161 Å². The number of nitrogens with zero attached hydrogens (tertiary/aromatic N) is 2. The molecule has 7 heteroatoms. The SMILES string of the molecule is CN=C(NCc1cccc(OC)c1OC)N(C)CC1CCOC1.I. The van der Waals surface area contributed by atoms with Crippen LogP contribution in [0.3, 0.4) is 0 Å². The van der Waals surface area contributed by atoms with E-state index in [1.54, 1.807) is 21.3 Å². The van der Waals surface area contributed by atoms with Gasteiger partial charge in [-0.15, -0.1) is 24.0 Å². The fourth-order valence-electron chi connectivity index (χ4n) is 2.85. The fourth-order valence-corrected chi connectivity index (χ4v) is 2.85. The van der Waals surface area contributed by atoms with E-state index in [1.165, 1.54) is 0 Å². The third-order valence-corrected chi connectivity index (χ3v) is 4.05. The van der Waals surface area contributed by atoms with Crippen LogP contribution in [0, 0.1) is 5.92 Å². The van der Waals surface area contributed by atoms with Crippen LogP contribution in [0.15, 0.2) is 23.2 Å². The van der Waals surface area contributed by atoms with Crippen LogP contribution in [0.4, 0.5) is 0 Å². The molecule has 1 aromatic rings. The van der Waals surface area contributed by atoms with Crippen molar-refractivity contribution in [2.24, 2.45) is 10.9 Å². The molecule has 136 valence electrons. The third-order valence-electron chi connectivity index (χ3n) is 4.05. The summed E-state index contributed by atoms with van der Waals surface area (Å²) >= 11 is 0. The van der Waals surface area contributed by atoms with Gasteiger partial charge in [-0.1, -0.05) is 12.1 Å². The number of hydrogen-bond donors (Lipinski definition) is 1. The van der Waals surface area contributed by atoms with Crippen molar-refractivity contribution in [2.45, 2.75) is 13.0 Å². The zero-order valence-corrected chi connectivity index (χ0v) is 17.2. The van der Waals surface area contributed by atoms with E-state index in [4.69, 9.17) is 14.2 Å². The molecule has 1 saturated heterocycles. The van der Waals surface area contributed by atoms with E-state index in [0.29, 0.717) is 12.5 Å². The Morgan fingerprint density at radius 2 is 2.17 bits per heavy atom. The van der Waals surface area contributed by atoms with Crippen molar-refractivity contribution in [3.05, 3.63) is 23.8 Å². The molecule has 1 atom stereocenters. The summed E-state index contributed by atoms with van der Waals surface area (Å²) in [6.07, 6.45) is 1.12. The van der Waals surface area contributed by atoms with E-state index in [-0.39, 0.29) is 24.0 Å². The van der Waals surface area contributed by atoms with Gasteiger partial charge in [0.05, 0.1) is 20.8 Å². The number of guanidine groups is 1. The molecule has 1 fully saturated rings. The number of methoxy groups -OCH3 is 2. The summed E-state index contributed by atoms with van der Waals surface area (Å²) in [6.45, 7) is 3.27. The Kier molecular flexibility index (Phi) is 9.20. The highest BCUT2D eigenvalue weighted by Gasteiger charge is 2.19. The van der Waals surface area contributed by atoms with Crippen LogP contribution in [0.1, 0.15) is 12.0 Å². The van der Waals surface area contributed by atoms with Gasteiger partial charge in [0, 0.05) is 45.3 Å². The van der Waals surface area contributed by atoms with Crippen molar-refractivity contribution in [3.8, 4) is 11.5 Å². The maximum Gasteiger partial charge on any atom is 0.193 e. The number of benzene rings is 1. The standard InChI is InChI=1S/C17H27N3O3.HI/c1-18-17(20(2)11-13-8-9-23-12-13)19-10-14-6-5-7-15(21-3)16(14)22-4;/h5-7,13H,8-12H2,1-4H3,(H,18,19);1H. The van der Waals surface area contributed by atoms with Gasteiger partial charge >= 0.3 is 0 Å². The van der Waals surface area contributed by atoms with Gasteiger partial charge in [0.2, 0.25) is 0 Å². The Morgan fingerprint density at radius 3 is 2.75 bits per heavy atom. The van der Waals surface area contributed by atoms with E-state index in [9.17, 15) is 0 Å². The van der Waals surface area contributed by atoms with E-state index >= 15 is 0 Å². The zero-order valence-electron chi connectivity index (χ0n) is 14.9. The van der Waals surface area contributed by atoms with E-state index < -0.39 is 0 Å². The lowest BCUT2D eigenvalue weighted by Crippen LogP contribution is -2.41. The van der Waals surface area contributed by atoms with E-state index in [1.807, 2.05) is 18.2 Å². The highest BCUT2D eigenvalue weighted by atomic mass is 127. The van der Waals surface area contributed by atoms with Crippen molar-refractivity contribution < 1.29 is 14.2 Å². The summed E-state index contributed by atoms with van der Waals surface area (Å²) in [7, 11) is 7.15. The number of rotatable bonds is 6. The van der Waals surface area contributed by atoms with Gasteiger partial charge in [-0.2, -0.15) is 0 Å². The molecule has 0 saturated carbocycles. The first kappa shape index (κ1) is 20.8. The molecule has 0 spiro atoms. The predicted molar refractivity (Wildman–Crippen MR) is 107 cm³/mol. The zero-order chi connectivity index (χ0) is 16.7. The molecular weight excluding hydrogens is 421 g/mol. The van der Waals surface area contributed by atoms with Crippen LogP contribution in [0.2, 0.25) is 0 Å². The summed E-state index contributed by atoms with van der Waals surface area (Å²) in [6, 6.07) is 5.87. The molecule has 24 heavy (non-hydrogen) atoms. The largest absolute Gasteiger partial charge is 0.493 e. The number of para-hydroxylation sites is 1. The molecule has 0 aliphatic carbocycles. The first-order valence-electron chi connectivity index (χ1n) is 7.89. The second kappa shape index (κ2) is 10.6. The Bertz CT molecular complexity index is 534. The van der Waals surface area contributed by atoms with Gasteiger partial charge in [0.25, 0.3) is 0 Å². The lowest BCUT2D eigenvalue weighted by Gasteiger charge is -2.25. The maximum atomic E-state index is 5.47. The first-order valence-corrected chi connectivity index (χ1v) is 7.89. The smallest absolute Gasteiger partial charge is 0.193 e. The van der Waals surface area contributed by atoms with Gasteiger partial charge in [0.15, 0.2) is 17.5 Å². The molecule has 1 aromatic carbocycles. The van der Waals surface area contributed by atoms with Crippen LogP contribution in [-0.2, 0) is 11.3 Å². The Balaban J connectivity index is 0.00000288. The minimum absolute atomic E-state index is 0. The van der Waals surface area contributed by atoms with Gasteiger partial charge in [-0.3, -0.25) is 4.99 Å². The molecule has 1 unspecified atom stereocenters. The fraction of sp³-hybridized carbons (Fsp3) is 0.588. The van der Waals surface area contributed by atoms with Crippen molar-refractivity contribution in [3.63, 3.8) is 0 Å². The van der Waals surface area contributed by atoms with Gasteiger partial charge in [-0.05, 0) is 12.5 Å². The van der Waals surface area contributed by atoms with Crippen molar-refractivity contribution in [1.82, 2.24) is 10.2 Å². The number of hydrogen-bond acceptors (Lipinski definition) is 4. The topological polar surface area (TPSA) is 55.3 Å². The second-order valence-electron chi connectivity index (χ2n) is 5.66. The molecule has 6 nitrogen and oxygen atoms in total. The van der Waals surface area contributed by atoms with Crippen molar-refractivity contribution in [1.29, 1.82) is 0 Å². The molecule has 0 amide bonds. The lowest BCUT2D eigenvalue weighted by molar-refractivity contribution is 0.181. The highest BCUT2D eigenvalue weighted by molar-refractivity contribution is 14.0. The summed E-state index contributed by atoms with van der Waals surface area (Å²) in [5.41, 5.74) is 1.03. The highest BCUT2D eigenvalue weighted by Crippen LogP contribution is 2.30. The minimum atomic E-state index is 0. The molecule has 2 rings (SSSR count). The molecule has 1 aliphatic heterocycles. The molecule has 0 aromatic heterocycles. The summed E-state index contributed by atoms with van der Waals surface area (Å²) in [5, 5.41) is 3.39. The molecule has 0 bridgehead atoms. The molecule has 1 heterocycles. The molecule has 0 radical (unpaired) electrons. The lowest BCUT2D eigenvalue weighted by atomic mass is 10.1. The van der Waals surface area contributed by atoms with E-state index in [2.05, 4.69) is 22.3 Å². The van der Waals surface area contributed by atoms with Gasteiger partial charge in [0.1, 0.15) is 0 Å². The average molecular weight is 449 g/mol.